The molecule has 0 aliphatic rings. The molecule has 0 atom stereocenters. The molecule has 1 rings (SSSR count). The van der Waals surface area contributed by atoms with Crippen LogP contribution in [0.4, 0.5) is 5.82 Å². The van der Waals surface area contributed by atoms with Gasteiger partial charge in [-0.05, 0) is 24.8 Å². The van der Waals surface area contributed by atoms with Crippen LogP contribution in [0.2, 0.25) is 5.02 Å². The number of halogens is 1. The Morgan fingerprint density at radius 3 is 2.61 bits per heavy atom. The van der Waals surface area contributed by atoms with Gasteiger partial charge in [0.15, 0.2) is 5.82 Å². The molecule has 18 heavy (non-hydrogen) atoms. The molecule has 0 amide bonds. The zero-order valence-electron chi connectivity index (χ0n) is 11.2. The number of hydrogen-bond donors (Lipinski definition) is 2. The fraction of sp³-hybridized carbons (Fsp3) is 0.667. The van der Waals surface area contributed by atoms with E-state index in [0.29, 0.717) is 23.4 Å². The summed E-state index contributed by atoms with van der Waals surface area (Å²) >= 11 is 6.04. The van der Waals surface area contributed by atoms with Crippen LogP contribution in [0, 0.1) is 5.41 Å². The maximum atomic E-state index is 6.04. The second kappa shape index (κ2) is 6.75. The van der Waals surface area contributed by atoms with E-state index in [-0.39, 0.29) is 5.41 Å². The van der Waals surface area contributed by atoms with Crippen LogP contribution in [0.25, 0.3) is 0 Å². The topological polar surface area (TPSA) is 73.1 Å². The standard InChI is InChI=1S/C12H21ClN4O/c1-4-12(5-2,7-14)8-16-10-9(13)6-15-11(17-10)18-3/h6H,4-5,7-8,14H2,1-3H3,(H,15,16,17). The summed E-state index contributed by atoms with van der Waals surface area (Å²) in [5.41, 5.74) is 5.93. The lowest BCUT2D eigenvalue weighted by atomic mass is 9.82. The van der Waals surface area contributed by atoms with Crippen molar-refractivity contribution < 1.29 is 4.74 Å². The highest BCUT2D eigenvalue weighted by Crippen LogP contribution is 2.27. The Hall–Kier alpha value is -1.07. The summed E-state index contributed by atoms with van der Waals surface area (Å²) in [6.07, 6.45) is 3.54. The van der Waals surface area contributed by atoms with Gasteiger partial charge in [-0.1, -0.05) is 25.4 Å². The Labute approximate surface area is 113 Å². The van der Waals surface area contributed by atoms with Gasteiger partial charge < -0.3 is 15.8 Å². The first-order valence-corrected chi connectivity index (χ1v) is 6.49. The van der Waals surface area contributed by atoms with Crippen LogP contribution in [-0.4, -0.2) is 30.2 Å². The molecule has 1 aromatic rings. The van der Waals surface area contributed by atoms with Crippen LogP contribution in [-0.2, 0) is 0 Å². The van der Waals surface area contributed by atoms with Crippen molar-refractivity contribution in [2.45, 2.75) is 26.7 Å². The third-order valence-corrected chi connectivity index (χ3v) is 3.75. The van der Waals surface area contributed by atoms with Crippen molar-refractivity contribution in [2.24, 2.45) is 11.1 Å². The van der Waals surface area contributed by atoms with Crippen LogP contribution in [0.1, 0.15) is 26.7 Å². The Morgan fingerprint density at radius 1 is 1.44 bits per heavy atom. The number of aromatic nitrogens is 2. The molecular formula is C12H21ClN4O. The molecule has 0 bridgehead atoms. The molecule has 0 saturated carbocycles. The molecule has 0 fully saturated rings. The van der Waals surface area contributed by atoms with Gasteiger partial charge in [0.2, 0.25) is 0 Å². The van der Waals surface area contributed by atoms with Crippen molar-refractivity contribution >= 4 is 17.4 Å². The fourth-order valence-electron chi connectivity index (χ4n) is 1.71. The number of ether oxygens (including phenoxy) is 1. The lowest BCUT2D eigenvalue weighted by molar-refractivity contribution is 0.294. The van der Waals surface area contributed by atoms with E-state index in [1.165, 1.54) is 13.3 Å². The highest BCUT2D eigenvalue weighted by molar-refractivity contribution is 6.32. The van der Waals surface area contributed by atoms with Gasteiger partial charge in [0.1, 0.15) is 5.02 Å². The SMILES string of the molecule is CCC(CC)(CN)CNc1nc(OC)ncc1Cl. The van der Waals surface area contributed by atoms with Gasteiger partial charge in [0.05, 0.1) is 13.3 Å². The van der Waals surface area contributed by atoms with E-state index < -0.39 is 0 Å². The van der Waals surface area contributed by atoms with E-state index in [0.717, 1.165) is 19.4 Å². The third kappa shape index (κ3) is 3.46. The van der Waals surface area contributed by atoms with Crippen LogP contribution in [0.5, 0.6) is 6.01 Å². The van der Waals surface area contributed by atoms with Crippen LogP contribution in [0.15, 0.2) is 6.20 Å². The smallest absolute Gasteiger partial charge is 0.318 e. The second-order valence-corrected chi connectivity index (χ2v) is 4.73. The first kappa shape index (κ1) is 15.0. The normalized spacial score (nSPS) is 11.4. The highest BCUT2D eigenvalue weighted by atomic mass is 35.5. The predicted octanol–water partition coefficient (Wildman–Crippen LogP) is 2.32. The number of hydrogen-bond acceptors (Lipinski definition) is 5. The molecule has 1 heterocycles. The van der Waals surface area contributed by atoms with E-state index in [1.54, 1.807) is 0 Å². The lowest BCUT2D eigenvalue weighted by Gasteiger charge is -2.30. The summed E-state index contributed by atoms with van der Waals surface area (Å²) in [5.74, 6) is 0.586. The molecular weight excluding hydrogens is 252 g/mol. The first-order valence-electron chi connectivity index (χ1n) is 6.11. The third-order valence-electron chi connectivity index (χ3n) is 3.47. The minimum Gasteiger partial charge on any atom is -0.467 e. The summed E-state index contributed by atoms with van der Waals surface area (Å²) in [5, 5.41) is 3.72. The number of anilines is 1. The Balaban J connectivity index is 2.78. The first-order chi connectivity index (χ1) is 8.60. The van der Waals surface area contributed by atoms with Gasteiger partial charge in [-0.25, -0.2) is 4.98 Å². The average Bonchev–Trinajstić information content (AvgIpc) is 2.42. The van der Waals surface area contributed by atoms with E-state index in [2.05, 4.69) is 29.1 Å². The maximum Gasteiger partial charge on any atom is 0.318 e. The molecule has 0 radical (unpaired) electrons. The zero-order valence-corrected chi connectivity index (χ0v) is 11.9. The van der Waals surface area contributed by atoms with Crippen molar-refractivity contribution in [3.63, 3.8) is 0 Å². The van der Waals surface area contributed by atoms with Crippen molar-refractivity contribution in [3.8, 4) is 6.01 Å². The molecule has 3 N–H and O–H groups in total. The van der Waals surface area contributed by atoms with Crippen LogP contribution >= 0.6 is 11.6 Å². The monoisotopic (exact) mass is 272 g/mol. The van der Waals surface area contributed by atoms with Crippen molar-refractivity contribution in [1.29, 1.82) is 0 Å². The number of nitrogens with one attached hydrogen (secondary N) is 1. The van der Waals surface area contributed by atoms with Gasteiger partial charge >= 0.3 is 6.01 Å². The van der Waals surface area contributed by atoms with E-state index in [9.17, 15) is 0 Å². The lowest BCUT2D eigenvalue weighted by Crippen LogP contribution is -2.36. The molecule has 6 heteroatoms. The van der Waals surface area contributed by atoms with Crippen LogP contribution in [0.3, 0.4) is 0 Å². The minimum absolute atomic E-state index is 0.0709. The molecule has 102 valence electrons. The Bertz CT molecular complexity index is 374. The summed E-state index contributed by atoms with van der Waals surface area (Å²) < 4.78 is 4.98. The van der Waals surface area contributed by atoms with E-state index in [1.807, 2.05) is 0 Å². The fourth-order valence-corrected chi connectivity index (χ4v) is 1.86. The van der Waals surface area contributed by atoms with Crippen molar-refractivity contribution in [2.75, 3.05) is 25.5 Å². The largest absolute Gasteiger partial charge is 0.467 e. The number of methoxy groups -OCH3 is 1. The minimum atomic E-state index is 0.0709. The molecule has 0 aliphatic heterocycles. The Morgan fingerprint density at radius 2 is 2.11 bits per heavy atom. The molecule has 5 nitrogen and oxygen atoms in total. The van der Waals surface area contributed by atoms with E-state index >= 15 is 0 Å². The average molecular weight is 273 g/mol. The molecule has 0 spiro atoms. The summed E-state index contributed by atoms with van der Waals surface area (Å²) in [6.45, 7) is 5.64. The zero-order chi connectivity index (χ0) is 13.6. The van der Waals surface area contributed by atoms with Gasteiger partial charge in [-0.15, -0.1) is 0 Å². The van der Waals surface area contributed by atoms with Gasteiger partial charge in [-0.2, -0.15) is 4.98 Å². The molecule has 1 aromatic heterocycles. The van der Waals surface area contributed by atoms with Gasteiger partial charge in [-0.3, -0.25) is 0 Å². The molecule has 0 aromatic carbocycles. The van der Waals surface area contributed by atoms with Crippen molar-refractivity contribution in [1.82, 2.24) is 9.97 Å². The highest BCUT2D eigenvalue weighted by Gasteiger charge is 2.24. The molecule has 0 unspecified atom stereocenters. The quantitative estimate of drug-likeness (QED) is 0.797. The molecule has 0 aliphatic carbocycles. The number of rotatable bonds is 7. The maximum absolute atomic E-state index is 6.04. The Kier molecular flexibility index (Phi) is 5.62. The van der Waals surface area contributed by atoms with Crippen LogP contribution < -0.4 is 15.8 Å². The van der Waals surface area contributed by atoms with Gasteiger partial charge in [0, 0.05) is 6.54 Å². The van der Waals surface area contributed by atoms with Gasteiger partial charge in [0.25, 0.3) is 0 Å². The second-order valence-electron chi connectivity index (χ2n) is 4.32. The summed E-state index contributed by atoms with van der Waals surface area (Å²) in [6, 6.07) is 0.299. The molecule has 0 saturated heterocycles. The number of nitrogens with zero attached hydrogens (tertiary/aromatic N) is 2. The number of nitrogens with two attached hydrogens (primary N) is 1. The van der Waals surface area contributed by atoms with E-state index in [4.69, 9.17) is 22.1 Å². The predicted molar refractivity (Wildman–Crippen MR) is 74.2 cm³/mol. The summed E-state index contributed by atoms with van der Waals surface area (Å²) in [7, 11) is 1.52. The summed E-state index contributed by atoms with van der Waals surface area (Å²) in [4.78, 5) is 8.11. The van der Waals surface area contributed by atoms with Crippen molar-refractivity contribution in [3.05, 3.63) is 11.2 Å².